The number of urea groups is 1. The van der Waals surface area contributed by atoms with Gasteiger partial charge in [-0.05, 0) is 42.4 Å². The highest BCUT2D eigenvalue weighted by atomic mass is 16.3. The first-order valence-corrected chi connectivity index (χ1v) is 7.64. The van der Waals surface area contributed by atoms with Crippen molar-refractivity contribution in [3.63, 3.8) is 0 Å². The third kappa shape index (κ3) is 5.76. The Morgan fingerprint density at radius 3 is 2.00 bits per heavy atom. The van der Waals surface area contributed by atoms with Crippen molar-refractivity contribution in [1.29, 1.82) is 0 Å². The zero-order chi connectivity index (χ0) is 16.0. The minimum atomic E-state index is -0.495. The van der Waals surface area contributed by atoms with E-state index in [-0.39, 0.29) is 6.03 Å². The summed E-state index contributed by atoms with van der Waals surface area (Å²) in [5.74, 6) is 1.54. The second-order valence-electron chi connectivity index (χ2n) is 6.28. The number of aliphatic hydroxyl groups is 1. The standard InChI is InChI=1S/C17H28N2O2/c1-11(2)16(12(3)4)10-18-17(21)19-15-8-6-14(7-9-15)13(5)20/h6-9,11-13,16,20H,10H2,1-5H3,(H2,18,19,21). The lowest BCUT2D eigenvalue weighted by atomic mass is 9.85. The number of carbonyl (C=O) groups is 1. The molecule has 2 amide bonds. The Balaban J connectivity index is 2.50. The highest BCUT2D eigenvalue weighted by molar-refractivity contribution is 5.89. The Morgan fingerprint density at radius 2 is 1.57 bits per heavy atom. The van der Waals surface area contributed by atoms with Crippen LogP contribution in [0.4, 0.5) is 10.5 Å². The topological polar surface area (TPSA) is 61.4 Å². The maximum absolute atomic E-state index is 11.9. The number of anilines is 1. The first-order chi connectivity index (χ1) is 9.81. The van der Waals surface area contributed by atoms with E-state index in [2.05, 4.69) is 38.3 Å². The third-order valence-corrected chi connectivity index (χ3v) is 3.86. The van der Waals surface area contributed by atoms with Crippen molar-refractivity contribution in [1.82, 2.24) is 5.32 Å². The van der Waals surface area contributed by atoms with Gasteiger partial charge >= 0.3 is 6.03 Å². The number of hydrogen-bond acceptors (Lipinski definition) is 2. The molecule has 21 heavy (non-hydrogen) atoms. The quantitative estimate of drug-likeness (QED) is 0.747. The van der Waals surface area contributed by atoms with E-state index in [9.17, 15) is 9.90 Å². The number of carbonyl (C=O) groups excluding carboxylic acids is 1. The van der Waals surface area contributed by atoms with Crippen molar-refractivity contribution >= 4 is 11.7 Å². The van der Waals surface area contributed by atoms with Gasteiger partial charge in [-0.2, -0.15) is 0 Å². The smallest absolute Gasteiger partial charge is 0.319 e. The molecule has 0 bridgehead atoms. The second-order valence-corrected chi connectivity index (χ2v) is 6.28. The fourth-order valence-corrected chi connectivity index (χ4v) is 2.47. The van der Waals surface area contributed by atoms with E-state index < -0.39 is 6.10 Å². The molecule has 1 rings (SSSR count). The lowest BCUT2D eigenvalue weighted by molar-refractivity contribution is 0.199. The molecule has 0 fully saturated rings. The summed E-state index contributed by atoms with van der Waals surface area (Å²) < 4.78 is 0. The van der Waals surface area contributed by atoms with Gasteiger partial charge in [-0.3, -0.25) is 0 Å². The third-order valence-electron chi connectivity index (χ3n) is 3.86. The van der Waals surface area contributed by atoms with Gasteiger partial charge < -0.3 is 15.7 Å². The molecule has 118 valence electrons. The van der Waals surface area contributed by atoms with E-state index in [1.807, 2.05) is 12.1 Å². The number of aliphatic hydroxyl groups excluding tert-OH is 1. The minimum absolute atomic E-state index is 0.189. The average molecular weight is 292 g/mol. The molecule has 1 aromatic rings. The zero-order valence-corrected chi connectivity index (χ0v) is 13.7. The van der Waals surface area contributed by atoms with Crippen molar-refractivity contribution in [2.24, 2.45) is 17.8 Å². The summed E-state index contributed by atoms with van der Waals surface area (Å²) in [5, 5.41) is 15.2. The zero-order valence-electron chi connectivity index (χ0n) is 13.7. The Labute approximate surface area is 128 Å². The van der Waals surface area contributed by atoms with Gasteiger partial charge in [-0.25, -0.2) is 4.79 Å². The number of rotatable bonds is 6. The number of hydrogen-bond donors (Lipinski definition) is 3. The van der Waals surface area contributed by atoms with Crippen molar-refractivity contribution in [3.8, 4) is 0 Å². The first kappa shape index (κ1) is 17.5. The van der Waals surface area contributed by atoms with Crippen LogP contribution in [0.2, 0.25) is 0 Å². The molecule has 0 aliphatic carbocycles. The van der Waals surface area contributed by atoms with Crippen LogP contribution >= 0.6 is 0 Å². The fraction of sp³-hybridized carbons (Fsp3) is 0.588. The Hall–Kier alpha value is -1.55. The lowest BCUT2D eigenvalue weighted by Crippen LogP contribution is -2.36. The van der Waals surface area contributed by atoms with Crippen LogP contribution < -0.4 is 10.6 Å². The molecule has 0 saturated heterocycles. The molecule has 4 heteroatoms. The van der Waals surface area contributed by atoms with E-state index in [0.29, 0.717) is 24.3 Å². The molecule has 1 atom stereocenters. The summed E-state index contributed by atoms with van der Waals surface area (Å²) in [5.41, 5.74) is 1.56. The van der Waals surface area contributed by atoms with Crippen LogP contribution in [0, 0.1) is 17.8 Å². The van der Waals surface area contributed by atoms with Gasteiger partial charge in [-0.1, -0.05) is 39.8 Å². The first-order valence-electron chi connectivity index (χ1n) is 7.64. The highest BCUT2D eigenvalue weighted by Gasteiger charge is 2.18. The van der Waals surface area contributed by atoms with Gasteiger partial charge in [-0.15, -0.1) is 0 Å². The molecular weight excluding hydrogens is 264 g/mol. The predicted octanol–water partition coefficient (Wildman–Crippen LogP) is 3.79. The number of benzene rings is 1. The minimum Gasteiger partial charge on any atom is -0.389 e. The number of amides is 2. The molecule has 3 N–H and O–H groups in total. The van der Waals surface area contributed by atoms with E-state index in [1.54, 1.807) is 19.1 Å². The second kappa shape index (κ2) is 8.03. The van der Waals surface area contributed by atoms with E-state index in [0.717, 1.165) is 11.3 Å². The van der Waals surface area contributed by atoms with Crippen molar-refractivity contribution in [3.05, 3.63) is 29.8 Å². The van der Waals surface area contributed by atoms with Crippen LogP contribution in [0.15, 0.2) is 24.3 Å². The summed E-state index contributed by atoms with van der Waals surface area (Å²) in [6.07, 6.45) is -0.495. The Morgan fingerprint density at radius 1 is 1.05 bits per heavy atom. The molecular formula is C17H28N2O2. The van der Waals surface area contributed by atoms with E-state index >= 15 is 0 Å². The molecule has 0 heterocycles. The Bertz CT molecular complexity index is 431. The van der Waals surface area contributed by atoms with Crippen molar-refractivity contribution in [2.45, 2.75) is 40.7 Å². The normalized spacial score (nSPS) is 12.8. The van der Waals surface area contributed by atoms with Crippen LogP contribution in [0.1, 0.15) is 46.3 Å². The van der Waals surface area contributed by atoms with Crippen molar-refractivity contribution in [2.75, 3.05) is 11.9 Å². The van der Waals surface area contributed by atoms with Gasteiger partial charge in [0.25, 0.3) is 0 Å². The predicted molar refractivity (Wildman–Crippen MR) is 87.3 cm³/mol. The van der Waals surface area contributed by atoms with Crippen LogP contribution in [0.5, 0.6) is 0 Å². The van der Waals surface area contributed by atoms with Gasteiger partial charge in [0.2, 0.25) is 0 Å². The summed E-state index contributed by atoms with van der Waals surface area (Å²) in [6.45, 7) is 11.1. The van der Waals surface area contributed by atoms with Gasteiger partial charge in [0.05, 0.1) is 6.10 Å². The van der Waals surface area contributed by atoms with Crippen LogP contribution in [0.25, 0.3) is 0 Å². The largest absolute Gasteiger partial charge is 0.389 e. The van der Waals surface area contributed by atoms with Crippen LogP contribution in [-0.2, 0) is 0 Å². The molecule has 0 saturated carbocycles. The molecule has 0 spiro atoms. The van der Waals surface area contributed by atoms with Gasteiger partial charge in [0.1, 0.15) is 0 Å². The molecule has 0 aliphatic rings. The molecule has 1 unspecified atom stereocenters. The molecule has 0 radical (unpaired) electrons. The summed E-state index contributed by atoms with van der Waals surface area (Å²) in [7, 11) is 0. The maximum Gasteiger partial charge on any atom is 0.319 e. The van der Waals surface area contributed by atoms with Gasteiger partial charge in [0.15, 0.2) is 0 Å². The Kier molecular flexibility index (Phi) is 6.69. The monoisotopic (exact) mass is 292 g/mol. The molecule has 0 aliphatic heterocycles. The highest BCUT2D eigenvalue weighted by Crippen LogP contribution is 2.19. The fourth-order valence-electron chi connectivity index (χ4n) is 2.47. The van der Waals surface area contributed by atoms with Crippen molar-refractivity contribution < 1.29 is 9.90 Å². The van der Waals surface area contributed by atoms with E-state index in [4.69, 9.17) is 0 Å². The lowest BCUT2D eigenvalue weighted by Gasteiger charge is -2.25. The summed E-state index contributed by atoms with van der Waals surface area (Å²) in [6, 6.07) is 7.02. The molecule has 4 nitrogen and oxygen atoms in total. The summed E-state index contributed by atoms with van der Waals surface area (Å²) >= 11 is 0. The van der Waals surface area contributed by atoms with E-state index in [1.165, 1.54) is 0 Å². The average Bonchev–Trinajstić information content (AvgIpc) is 2.38. The summed E-state index contributed by atoms with van der Waals surface area (Å²) in [4.78, 5) is 11.9. The maximum atomic E-state index is 11.9. The van der Waals surface area contributed by atoms with Crippen LogP contribution in [-0.4, -0.2) is 17.7 Å². The SMILES string of the molecule is CC(O)c1ccc(NC(=O)NCC(C(C)C)C(C)C)cc1. The molecule has 0 aromatic heterocycles. The molecule has 1 aromatic carbocycles. The van der Waals surface area contributed by atoms with Gasteiger partial charge in [0, 0.05) is 12.2 Å². The number of nitrogens with one attached hydrogen (secondary N) is 2. The van der Waals surface area contributed by atoms with Crippen LogP contribution in [0.3, 0.4) is 0 Å².